The van der Waals surface area contributed by atoms with Gasteiger partial charge >= 0.3 is 0 Å². The molecule has 136 valence electrons. The van der Waals surface area contributed by atoms with Crippen LogP contribution in [0, 0.1) is 0 Å². The van der Waals surface area contributed by atoms with Crippen LogP contribution in [-0.4, -0.2) is 22.6 Å². The molecular formula is C20H23IN4O. The monoisotopic (exact) mass is 462 g/mol. The molecule has 0 aliphatic rings. The Labute approximate surface area is 170 Å². The van der Waals surface area contributed by atoms with Crippen LogP contribution < -0.4 is 10.6 Å². The number of halogens is 1. The van der Waals surface area contributed by atoms with E-state index in [1.165, 1.54) is 5.56 Å². The van der Waals surface area contributed by atoms with Gasteiger partial charge in [-0.2, -0.15) is 0 Å². The minimum atomic E-state index is 0. The first-order chi connectivity index (χ1) is 12.3. The van der Waals surface area contributed by atoms with Gasteiger partial charge < -0.3 is 15.7 Å². The van der Waals surface area contributed by atoms with Gasteiger partial charge in [-0.25, -0.2) is 4.99 Å². The van der Waals surface area contributed by atoms with Crippen molar-refractivity contribution in [2.24, 2.45) is 4.99 Å². The van der Waals surface area contributed by atoms with Crippen LogP contribution in [0.25, 0.3) is 10.9 Å². The van der Waals surface area contributed by atoms with E-state index in [-0.39, 0.29) is 29.7 Å². The van der Waals surface area contributed by atoms with Crippen molar-refractivity contribution >= 4 is 40.8 Å². The standard InChI is InChI=1S/C20H22N4O.HI/c1-2-21-20(23-13-15-7-9-17(25)10-8-15)24-14-16-11-12-22-19-6-4-3-5-18(16)19;/h3-12,25H,2,13-14H2,1H3,(H2,21,23,24);1H. The lowest BCUT2D eigenvalue weighted by atomic mass is 10.1. The Morgan fingerprint density at radius 2 is 1.81 bits per heavy atom. The molecule has 0 aliphatic carbocycles. The maximum Gasteiger partial charge on any atom is 0.191 e. The summed E-state index contributed by atoms with van der Waals surface area (Å²) >= 11 is 0. The summed E-state index contributed by atoms with van der Waals surface area (Å²) in [5, 5.41) is 17.1. The number of hydrogen-bond donors (Lipinski definition) is 3. The van der Waals surface area contributed by atoms with E-state index in [9.17, 15) is 5.11 Å². The van der Waals surface area contributed by atoms with Crippen molar-refractivity contribution in [2.45, 2.75) is 20.0 Å². The molecule has 0 saturated heterocycles. The normalized spacial score (nSPS) is 11.0. The molecular weight excluding hydrogens is 439 g/mol. The molecule has 0 amide bonds. The Kier molecular flexibility index (Phi) is 7.65. The Bertz CT molecular complexity index is 860. The molecule has 6 heteroatoms. The highest BCUT2D eigenvalue weighted by molar-refractivity contribution is 14.0. The third kappa shape index (κ3) is 5.32. The second-order valence-electron chi connectivity index (χ2n) is 5.70. The number of benzene rings is 2. The van der Waals surface area contributed by atoms with Crippen LogP contribution in [-0.2, 0) is 13.1 Å². The molecule has 0 radical (unpaired) electrons. The quantitative estimate of drug-likeness (QED) is 0.307. The van der Waals surface area contributed by atoms with Gasteiger partial charge in [0.15, 0.2) is 5.96 Å². The highest BCUT2D eigenvalue weighted by Crippen LogP contribution is 2.15. The van der Waals surface area contributed by atoms with E-state index in [0.29, 0.717) is 13.1 Å². The van der Waals surface area contributed by atoms with Gasteiger partial charge in [-0.1, -0.05) is 30.3 Å². The molecule has 0 spiro atoms. The second kappa shape index (κ2) is 9.96. The van der Waals surface area contributed by atoms with E-state index in [1.54, 1.807) is 12.1 Å². The van der Waals surface area contributed by atoms with Crippen LogP contribution in [0.15, 0.2) is 65.8 Å². The topological polar surface area (TPSA) is 69.5 Å². The van der Waals surface area contributed by atoms with Crippen LogP contribution in [0.3, 0.4) is 0 Å². The van der Waals surface area contributed by atoms with E-state index in [1.807, 2.05) is 49.5 Å². The van der Waals surface area contributed by atoms with E-state index in [0.717, 1.165) is 29.0 Å². The molecule has 1 heterocycles. The number of aromatic nitrogens is 1. The molecule has 3 N–H and O–H groups in total. The van der Waals surface area contributed by atoms with Gasteiger partial charge in [-0.15, -0.1) is 24.0 Å². The van der Waals surface area contributed by atoms with Gasteiger partial charge in [0.25, 0.3) is 0 Å². The van der Waals surface area contributed by atoms with Crippen molar-refractivity contribution in [2.75, 3.05) is 6.54 Å². The highest BCUT2D eigenvalue weighted by Gasteiger charge is 2.03. The molecule has 2 aromatic carbocycles. The van der Waals surface area contributed by atoms with Crippen molar-refractivity contribution in [1.82, 2.24) is 15.6 Å². The van der Waals surface area contributed by atoms with E-state index < -0.39 is 0 Å². The van der Waals surface area contributed by atoms with Crippen molar-refractivity contribution < 1.29 is 5.11 Å². The van der Waals surface area contributed by atoms with Crippen LogP contribution >= 0.6 is 24.0 Å². The van der Waals surface area contributed by atoms with E-state index >= 15 is 0 Å². The number of phenols is 1. The molecule has 0 fully saturated rings. The maximum absolute atomic E-state index is 9.35. The van der Waals surface area contributed by atoms with E-state index in [2.05, 4.69) is 26.7 Å². The summed E-state index contributed by atoms with van der Waals surface area (Å²) < 4.78 is 0. The fourth-order valence-electron chi connectivity index (χ4n) is 2.60. The third-order valence-electron chi connectivity index (χ3n) is 3.89. The fourth-order valence-corrected chi connectivity index (χ4v) is 2.60. The molecule has 1 aromatic heterocycles. The molecule has 0 saturated carbocycles. The number of guanidine groups is 1. The molecule has 26 heavy (non-hydrogen) atoms. The maximum atomic E-state index is 9.35. The first kappa shape index (κ1) is 20.0. The van der Waals surface area contributed by atoms with Gasteiger partial charge in [0.05, 0.1) is 12.1 Å². The van der Waals surface area contributed by atoms with E-state index in [4.69, 9.17) is 0 Å². The number of hydrogen-bond acceptors (Lipinski definition) is 3. The zero-order valence-electron chi connectivity index (χ0n) is 14.6. The average Bonchev–Trinajstić information content (AvgIpc) is 2.65. The Morgan fingerprint density at radius 3 is 2.58 bits per heavy atom. The SMILES string of the molecule is CCNC(=NCc1ccc(O)cc1)NCc1ccnc2ccccc12.I. The highest BCUT2D eigenvalue weighted by atomic mass is 127. The summed E-state index contributed by atoms with van der Waals surface area (Å²) in [5.74, 6) is 1.03. The number of phenolic OH excluding ortho intramolecular Hbond substituents is 1. The summed E-state index contributed by atoms with van der Waals surface area (Å²) in [4.78, 5) is 9.00. The summed E-state index contributed by atoms with van der Waals surface area (Å²) in [5.41, 5.74) is 3.22. The average molecular weight is 462 g/mol. The Hall–Kier alpha value is -2.35. The summed E-state index contributed by atoms with van der Waals surface area (Å²) in [6.07, 6.45) is 1.83. The number of fused-ring (bicyclic) bond motifs is 1. The number of para-hydroxylation sites is 1. The number of rotatable bonds is 5. The summed E-state index contributed by atoms with van der Waals surface area (Å²) in [7, 11) is 0. The molecule has 3 rings (SSSR count). The van der Waals surface area contributed by atoms with Crippen molar-refractivity contribution in [3.8, 4) is 5.75 Å². The molecule has 5 nitrogen and oxygen atoms in total. The molecule has 0 unspecified atom stereocenters. The number of nitrogens with zero attached hydrogens (tertiary/aromatic N) is 2. The van der Waals surface area contributed by atoms with Crippen molar-refractivity contribution in [3.63, 3.8) is 0 Å². The largest absolute Gasteiger partial charge is 0.508 e. The first-order valence-corrected chi connectivity index (χ1v) is 8.39. The molecule has 0 aliphatic heterocycles. The van der Waals surface area contributed by atoms with Crippen LogP contribution in [0.1, 0.15) is 18.1 Å². The lowest BCUT2D eigenvalue weighted by Gasteiger charge is -2.12. The van der Waals surface area contributed by atoms with Gasteiger partial charge in [-0.05, 0) is 42.3 Å². The van der Waals surface area contributed by atoms with Crippen LogP contribution in [0.2, 0.25) is 0 Å². The molecule has 0 bridgehead atoms. The van der Waals surface area contributed by atoms with Crippen molar-refractivity contribution in [3.05, 3.63) is 71.9 Å². The number of aliphatic imine (C=N–C) groups is 1. The minimum Gasteiger partial charge on any atom is -0.508 e. The Morgan fingerprint density at radius 1 is 1.04 bits per heavy atom. The fraction of sp³-hybridized carbons (Fsp3) is 0.200. The van der Waals surface area contributed by atoms with Crippen molar-refractivity contribution in [1.29, 1.82) is 0 Å². The van der Waals surface area contributed by atoms with Gasteiger partial charge in [-0.3, -0.25) is 4.98 Å². The number of aromatic hydroxyl groups is 1. The minimum absolute atomic E-state index is 0. The second-order valence-corrected chi connectivity index (χ2v) is 5.70. The lowest BCUT2D eigenvalue weighted by Crippen LogP contribution is -2.36. The van der Waals surface area contributed by atoms with Gasteiger partial charge in [0.2, 0.25) is 0 Å². The first-order valence-electron chi connectivity index (χ1n) is 8.39. The summed E-state index contributed by atoms with van der Waals surface area (Å²) in [6.45, 7) is 4.05. The number of pyridine rings is 1. The zero-order chi connectivity index (χ0) is 17.5. The number of nitrogens with one attached hydrogen (secondary N) is 2. The Balaban J connectivity index is 0.00000243. The summed E-state index contributed by atoms with van der Waals surface area (Å²) in [6, 6.07) is 17.2. The van der Waals surface area contributed by atoms with Crippen LogP contribution in [0.5, 0.6) is 5.75 Å². The predicted octanol–water partition coefficient (Wildman–Crippen LogP) is 3.81. The molecule has 0 atom stereocenters. The van der Waals surface area contributed by atoms with Gasteiger partial charge in [0, 0.05) is 24.7 Å². The lowest BCUT2D eigenvalue weighted by molar-refractivity contribution is 0.475. The van der Waals surface area contributed by atoms with Gasteiger partial charge in [0.1, 0.15) is 5.75 Å². The predicted molar refractivity (Wildman–Crippen MR) is 117 cm³/mol. The third-order valence-corrected chi connectivity index (χ3v) is 3.89. The van der Waals surface area contributed by atoms with Crippen LogP contribution in [0.4, 0.5) is 0 Å². The smallest absolute Gasteiger partial charge is 0.191 e. The zero-order valence-corrected chi connectivity index (χ0v) is 17.0. The molecule has 3 aromatic rings.